The first-order chi connectivity index (χ1) is 13.4. The highest BCUT2D eigenvalue weighted by Gasteiger charge is 2.27. The predicted octanol–water partition coefficient (Wildman–Crippen LogP) is 2.59. The third-order valence-electron chi connectivity index (χ3n) is 5.18. The van der Waals surface area contributed by atoms with Crippen LogP contribution in [0.15, 0.2) is 30.3 Å². The molecule has 0 bridgehead atoms. The van der Waals surface area contributed by atoms with Crippen LogP contribution in [0.25, 0.3) is 11.3 Å². The molecule has 0 amide bonds. The van der Waals surface area contributed by atoms with E-state index in [1.807, 2.05) is 35.0 Å². The molecule has 0 unspecified atom stereocenters. The van der Waals surface area contributed by atoms with Crippen LogP contribution in [0.1, 0.15) is 32.4 Å². The first kappa shape index (κ1) is 20.8. The summed E-state index contributed by atoms with van der Waals surface area (Å²) in [6.07, 6.45) is 0.481. The SMILES string of the molecule is COc1cccc(-c2cc(COC(C)(C)C(O)O)nn2CC2CCOCC2)c1. The highest BCUT2D eigenvalue weighted by molar-refractivity contribution is 5.62. The first-order valence-corrected chi connectivity index (χ1v) is 9.68. The average molecular weight is 390 g/mol. The van der Waals surface area contributed by atoms with Crippen LogP contribution in [0.5, 0.6) is 5.75 Å². The Morgan fingerprint density at radius 3 is 2.68 bits per heavy atom. The fraction of sp³-hybridized carbons (Fsp3) is 0.571. The number of aromatic nitrogens is 2. The second kappa shape index (κ2) is 9.05. The van der Waals surface area contributed by atoms with E-state index in [-0.39, 0.29) is 6.61 Å². The van der Waals surface area contributed by atoms with Crippen molar-refractivity contribution in [2.45, 2.75) is 51.7 Å². The van der Waals surface area contributed by atoms with Crippen molar-refractivity contribution in [3.63, 3.8) is 0 Å². The van der Waals surface area contributed by atoms with Crippen LogP contribution in [0.3, 0.4) is 0 Å². The molecule has 28 heavy (non-hydrogen) atoms. The van der Waals surface area contributed by atoms with Gasteiger partial charge in [0.1, 0.15) is 11.4 Å². The summed E-state index contributed by atoms with van der Waals surface area (Å²) in [5.41, 5.74) is 1.69. The van der Waals surface area contributed by atoms with Crippen molar-refractivity contribution in [1.29, 1.82) is 0 Å². The summed E-state index contributed by atoms with van der Waals surface area (Å²) in [5.74, 6) is 1.31. The minimum absolute atomic E-state index is 0.197. The van der Waals surface area contributed by atoms with Gasteiger partial charge in [0.25, 0.3) is 0 Å². The number of hydrogen-bond acceptors (Lipinski definition) is 6. The van der Waals surface area contributed by atoms with Gasteiger partial charge in [-0.25, -0.2) is 0 Å². The summed E-state index contributed by atoms with van der Waals surface area (Å²) >= 11 is 0. The summed E-state index contributed by atoms with van der Waals surface area (Å²) in [5, 5.41) is 23.6. The zero-order valence-electron chi connectivity index (χ0n) is 16.8. The minimum atomic E-state index is -1.56. The molecule has 2 heterocycles. The van der Waals surface area contributed by atoms with Gasteiger partial charge in [-0.05, 0) is 50.8 Å². The molecule has 1 saturated heterocycles. The van der Waals surface area contributed by atoms with Gasteiger partial charge in [0.2, 0.25) is 0 Å². The minimum Gasteiger partial charge on any atom is -0.497 e. The molecule has 7 nitrogen and oxygen atoms in total. The molecule has 2 aromatic rings. The molecule has 1 aromatic heterocycles. The van der Waals surface area contributed by atoms with Crippen molar-refractivity contribution in [3.8, 4) is 17.0 Å². The van der Waals surface area contributed by atoms with Gasteiger partial charge in [0, 0.05) is 25.3 Å². The lowest BCUT2D eigenvalue weighted by atomic mass is 10.0. The van der Waals surface area contributed by atoms with E-state index in [4.69, 9.17) is 19.3 Å². The van der Waals surface area contributed by atoms with Crippen LogP contribution < -0.4 is 4.74 Å². The van der Waals surface area contributed by atoms with E-state index >= 15 is 0 Å². The lowest BCUT2D eigenvalue weighted by Gasteiger charge is -2.26. The number of aliphatic hydroxyl groups excluding tert-OH is 1. The Balaban J connectivity index is 1.85. The summed E-state index contributed by atoms with van der Waals surface area (Å²) in [6, 6.07) is 9.89. The van der Waals surface area contributed by atoms with Crippen LogP contribution in [0, 0.1) is 5.92 Å². The smallest absolute Gasteiger partial charge is 0.180 e. The maximum absolute atomic E-state index is 9.45. The van der Waals surface area contributed by atoms with Gasteiger partial charge in [-0.3, -0.25) is 4.68 Å². The molecule has 0 radical (unpaired) electrons. The molecule has 1 aliphatic rings. The number of nitrogens with zero attached hydrogens (tertiary/aromatic N) is 2. The van der Waals surface area contributed by atoms with E-state index in [1.165, 1.54) is 0 Å². The average Bonchev–Trinajstić information content (AvgIpc) is 3.10. The number of hydrogen-bond donors (Lipinski definition) is 2. The Kier molecular flexibility index (Phi) is 6.72. The van der Waals surface area contributed by atoms with Crippen molar-refractivity contribution < 1.29 is 24.4 Å². The van der Waals surface area contributed by atoms with Crippen molar-refractivity contribution in [2.24, 2.45) is 5.92 Å². The van der Waals surface area contributed by atoms with Gasteiger partial charge in [-0.1, -0.05) is 12.1 Å². The number of rotatable bonds is 8. The van der Waals surface area contributed by atoms with E-state index < -0.39 is 11.9 Å². The number of ether oxygens (including phenoxy) is 3. The Morgan fingerprint density at radius 1 is 1.25 bits per heavy atom. The van der Waals surface area contributed by atoms with Crippen LogP contribution in [-0.2, 0) is 22.6 Å². The third kappa shape index (κ3) is 5.11. The van der Waals surface area contributed by atoms with E-state index in [9.17, 15) is 10.2 Å². The number of methoxy groups -OCH3 is 1. The maximum Gasteiger partial charge on any atom is 0.180 e. The standard InChI is InChI=1S/C21H30N2O5/c1-21(2,20(24)25)28-14-17-12-19(16-5-4-6-18(11-16)26-3)23(22-17)13-15-7-9-27-10-8-15/h4-6,11-12,15,20,24-25H,7-10,13-14H2,1-3H3. The molecule has 154 valence electrons. The highest BCUT2D eigenvalue weighted by atomic mass is 16.6. The monoisotopic (exact) mass is 390 g/mol. The van der Waals surface area contributed by atoms with Gasteiger partial charge in [-0.2, -0.15) is 5.10 Å². The van der Waals surface area contributed by atoms with Crippen molar-refractivity contribution in [3.05, 3.63) is 36.0 Å². The molecule has 0 spiro atoms. The molecule has 7 heteroatoms. The van der Waals surface area contributed by atoms with Gasteiger partial charge >= 0.3 is 0 Å². The molecule has 2 N–H and O–H groups in total. The first-order valence-electron chi connectivity index (χ1n) is 9.68. The fourth-order valence-corrected chi connectivity index (χ4v) is 3.20. The highest BCUT2D eigenvalue weighted by Crippen LogP contribution is 2.28. The normalized spacial score (nSPS) is 15.9. The zero-order valence-corrected chi connectivity index (χ0v) is 16.8. The largest absolute Gasteiger partial charge is 0.497 e. The van der Waals surface area contributed by atoms with E-state index in [2.05, 4.69) is 0 Å². The van der Waals surface area contributed by atoms with Crippen LogP contribution >= 0.6 is 0 Å². The quantitative estimate of drug-likeness (QED) is 0.674. The summed E-state index contributed by atoms with van der Waals surface area (Å²) in [4.78, 5) is 0. The summed E-state index contributed by atoms with van der Waals surface area (Å²) < 4.78 is 18.6. The zero-order chi connectivity index (χ0) is 20.1. The third-order valence-corrected chi connectivity index (χ3v) is 5.18. The van der Waals surface area contributed by atoms with Crippen molar-refractivity contribution >= 4 is 0 Å². The van der Waals surface area contributed by atoms with Crippen molar-refractivity contribution in [1.82, 2.24) is 9.78 Å². The van der Waals surface area contributed by atoms with E-state index in [0.717, 1.165) is 55.3 Å². The predicted molar refractivity (Wildman–Crippen MR) is 105 cm³/mol. The van der Waals surface area contributed by atoms with Gasteiger partial charge < -0.3 is 24.4 Å². The van der Waals surface area contributed by atoms with Gasteiger partial charge in [-0.15, -0.1) is 0 Å². The number of benzene rings is 1. The Bertz CT molecular complexity index is 766. The summed E-state index contributed by atoms with van der Waals surface area (Å²) in [6.45, 7) is 5.86. The second-order valence-electron chi connectivity index (χ2n) is 7.76. The van der Waals surface area contributed by atoms with Crippen LogP contribution in [0.2, 0.25) is 0 Å². The van der Waals surface area contributed by atoms with E-state index in [0.29, 0.717) is 5.92 Å². The maximum atomic E-state index is 9.45. The van der Waals surface area contributed by atoms with Crippen molar-refractivity contribution in [2.75, 3.05) is 20.3 Å². The van der Waals surface area contributed by atoms with Crippen LogP contribution in [-0.4, -0.2) is 52.2 Å². The molecular weight excluding hydrogens is 360 g/mol. The van der Waals surface area contributed by atoms with Gasteiger partial charge in [0.15, 0.2) is 6.29 Å². The number of aliphatic hydroxyl groups is 2. The fourth-order valence-electron chi connectivity index (χ4n) is 3.20. The topological polar surface area (TPSA) is 86.0 Å². The molecule has 0 atom stereocenters. The Morgan fingerprint density at radius 2 is 2.00 bits per heavy atom. The molecule has 1 aliphatic heterocycles. The van der Waals surface area contributed by atoms with Crippen LogP contribution in [0.4, 0.5) is 0 Å². The Hall–Kier alpha value is -1.93. The van der Waals surface area contributed by atoms with Gasteiger partial charge in [0.05, 0.1) is 25.1 Å². The second-order valence-corrected chi connectivity index (χ2v) is 7.76. The lowest BCUT2D eigenvalue weighted by molar-refractivity contribution is -0.197. The molecule has 1 fully saturated rings. The molecular formula is C21H30N2O5. The Labute approximate surface area is 165 Å². The summed E-state index contributed by atoms with van der Waals surface area (Å²) in [7, 11) is 1.65. The molecule has 1 aromatic carbocycles. The molecule has 0 saturated carbocycles. The molecule has 0 aliphatic carbocycles. The van der Waals surface area contributed by atoms with E-state index in [1.54, 1.807) is 21.0 Å². The molecule has 3 rings (SSSR count). The lowest BCUT2D eigenvalue weighted by Crippen LogP contribution is -2.38.